The molecule has 0 heterocycles. The normalized spacial score (nSPS) is 19.6. The Kier molecular flexibility index (Phi) is 6.49. The number of hydrogen-bond donors (Lipinski definition) is 1. The molecule has 1 unspecified atom stereocenters. The summed E-state index contributed by atoms with van der Waals surface area (Å²) in [4.78, 5) is 0. The molecule has 1 saturated carbocycles. The summed E-state index contributed by atoms with van der Waals surface area (Å²) in [5, 5.41) is 3.38. The molecule has 0 aromatic heterocycles. The van der Waals surface area contributed by atoms with Crippen LogP contribution in [0.2, 0.25) is 0 Å². The van der Waals surface area contributed by atoms with Crippen molar-refractivity contribution in [2.75, 3.05) is 24.6 Å². The molecule has 0 aromatic rings. The Labute approximate surface area is 106 Å². The largest absolute Gasteiger partial charge is 0.317 e. The van der Waals surface area contributed by atoms with Crippen molar-refractivity contribution >= 4 is 9.84 Å². The fourth-order valence-electron chi connectivity index (χ4n) is 2.74. The zero-order valence-electron chi connectivity index (χ0n) is 11.2. The van der Waals surface area contributed by atoms with Gasteiger partial charge in [-0.1, -0.05) is 39.5 Å². The van der Waals surface area contributed by atoms with Crippen molar-refractivity contribution < 1.29 is 8.42 Å². The lowest BCUT2D eigenvalue weighted by Gasteiger charge is -2.23. The molecule has 102 valence electrons. The van der Waals surface area contributed by atoms with E-state index in [0.717, 1.165) is 25.4 Å². The molecule has 1 aliphatic rings. The number of hydrogen-bond acceptors (Lipinski definition) is 3. The van der Waals surface area contributed by atoms with E-state index in [0.29, 0.717) is 11.7 Å². The van der Waals surface area contributed by atoms with Crippen molar-refractivity contribution in [2.45, 2.75) is 46.0 Å². The van der Waals surface area contributed by atoms with E-state index in [1.54, 1.807) is 6.92 Å². The van der Waals surface area contributed by atoms with Crippen LogP contribution in [0.25, 0.3) is 0 Å². The van der Waals surface area contributed by atoms with Crippen LogP contribution in [0.4, 0.5) is 0 Å². The van der Waals surface area contributed by atoms with Gasteiger partial charge in [0.05, 0.1) is 5.75 Å². The Morgan fingerprint density at radius 3 is 2.41 bits per heavy atom. The molecule has 1 fully saturated rings. The van der Waals surface area contributed by atoms with E-state index >= 15 is 0 Å². The summed E-state index contributed by atoms with van der Waals surface area (Å²) in [5.74, 6) is 1.96. The third-order valence-corrected chi connectivity index (χ3v) is 5.70. The molecule has 0 saturated heterocycles. The number of rotatable bonds is 8. The zero-order valence-corrected chi connectivity index (χ0v) is 12.1. The van der Waals surface area contributed by atoms with Crippen molar-refractivity contribution in [2.24, 2.45) is 11.8 Å². The molecule has 0 amide bonds. The Balaban J connectivity index is 2.45. The van der Waals surface area contributed by atoms with Gasteiger partial charge in [-0.05, 0) is 31.3 Å². The molecule has 1 N–H and O–H groups in total. The maximum absolute atomic E-state index is 11.6. The van der Waals surface area contributed by atoms with E-state index in [1.165, 1.54) is 25.7 Å². The summed E-state index contributed by atoms with van der Waals surface area (Å²) in [5.41, 5.74) is 0. The first-order chi connectivity index (χ1) is 8.09. The predicted octanol–water partition coefficient (Wildman–Crippen LogP) is 2.23. The van der Waals surface area contributed by atoms with Crippen molar-refractivity contribution in [3.05, 3.63) is 0 Å². The van der Waals surface area contributed by atoms with Crippen LogP contribution in [-0.4, -0.2) is 33.0 Å². The number of nitrogens with one attached hydrogen (secondary N) is 1. The van der Waals surface area contributed by atoms with Crippen molar-refractivity contribution in [1.29, 1.82) is 0 Å². The van der Waals surface area contributed by atoms with Crippen LogP contribution in [0.3, 0.4) is 0 Å². The van der Waals surface area contributed by atoms with Gasteiger partial charge in [0, 0.05) is 5.75 Å². The second-order valence-corrected chi connectivity index (χ2v) is 7.61. The van der Waals surface area contributed by atoms with Gasteiger partial charge in [0.25, 0.3) is 0 Å². The third-order valence-electron chi connectivity index (χ3n) is 3.96. The number of sulfone groups is 1. The molecule has 3 nitrogen and oxygen atoms in total. The van der Waals surface area contributed by atoms with Crippen molar-refractivity contribution in [3.8, 4) is 0 Å². The molecule has 17 heavy (non-hydrogen) atoms. The SMILES string of the molecule is CCNCC(CCS(=O)(=O)CC)C1CCCC1. The lowest BCUT2D eigenvalue weighted by Crippen LogP contribution is -2.29. The summed E-state index contributed by atoms with van der Waals surface area (Å²) in [6, 6.07) is 0. The Morgan fingerprint density at radius 1 is 1.24 bits per heavy atom. The topological polar surface area (TPSA) is 46.2 Å². The van der Waals surface area contributed by atoms with Crippen LogP contribution in [-0.2, 0) is 9.84 Å². The smallest absolute Gasteiger partial charge is 0.150 e. The minimum Gasteiger partial charge on any atom is -0.317 e. The minimum atomic E-state index is -2.80. The molecule has 0 bridgehead atoms. The van der Waals surface area contributed by atoms with Crippen LogP contribution in [0.5, 0.6) is 0 Å². The highest BCUT2D eigenvalue weighted by molar-refractivity contribution is 7.91. The molecule has 0 aromatic carbocycles. The monoisotopic (exact) mass is 261 g/mol. The first-order valence-corrected chi connectivity index (χ1v) is 8.82. The van der Waals surface area contributed by atoms with E-state index in [4.69, 9.17) is 0 Å². The summed E-state index contributed by atoms with van der Waals surface area (Å²) in [7, 11) is -2.80. The fraction of sp³-hybridized carbons (Fsp3) is 1.00. The van der Waals surface area contributed by atoms with E-state index in [1.807, 2.05) is 0 Å². The Bertz CT molecular complexity index is 295. The summed E-state index contributed by atoms with van der Waals surface area (Å²) in [6.07, 6.45) is 6.08. The standard InChI is InChI=1S/C13H27NO2S/c1-3-14-11-13(12-7-5-6-8-12)9-10-17(15,16)4-2/h12-14H,3-11H2,1-2H3. The van der Waals surface area contributed by atoms with E-state index in [9.17, 15) is 8.42 Å². The molecule has 1 rings (SSSR count). The van der Waals surface area contributed by atoms with Gasteiger partial charge in [0.1, 0.15) is 9.84 Å². The highest BCUT2D eigenvalue weighted by atomic mass is 32.2. The highest BCUT2D eigenvalue weighted by Gasteiger charge is 2.25. The first-order valence-electron chi connectivity index (χ1n) is 7.00. The van der Waals surface area contributed by atoms with Gasteiger partial charge in [-0.25, -0.2) is 8.42 Å². The molecule has 0 spiro atoms. The van der Waals surface area contributed by atoms with E-state index < -0.39 is 9.84 Å². The quantitative estimate of drug-likeness (QED) is 0.729. The Morgan fingerprint density at radius 2 is 1.88 bits per heavy atom. The second kappa shape index (κ2) is 7.37. The zero-order chi connectivity index (χ0) is 12.7. The first kappa shape index (κ1) is 15.0. The predicted molar refractivity (Wildman–Crippen MR) is 72.9 cm³/mol. The summed E-state index contributed by atoms with van der Waals surface area (Å²) >= 11 is 0. The minimum absolute atomic E-state index is 0.283. The maximum atomic E-state index is 11.6. The van der Waals surface area contributed by atoms with E-state index in [2.05, 4.69) is 12.2 Å². The van der Waals surface area contributed by atoms with Crippen LogP contribution in [0, 0.1) is 11.8 Å². The third kappa shape index (κ3) is 5.38. The highest BCUT2D eigenvalue weighted by Crippen LogP contribution is 2.33. The van der Waals surface area contributed by atoms with Crippen molar-refractivity contribution in [3.63, 3.8) is 0 Å². The molecule has 0 radical (unpaired) electrons. The lowest BCUT2D eigenvalue weighted by molar-refractivity contribution is 0.317. The van der Waals surface area contributed by atoms with Crippen LogP contribution < -0.4 is 5.32 Å². The fourth-order valence-corrected chi connectivity index (χ4v) is 3.69. The molecule has 4 heteroatoms. The van der Waals surface area contributed by atoms with Gasteiger partial charge in [-0.3, -0.25) is 0 Å². The van der Waals surface area contributed by atoms with Crippen molar-refractivity contribution in [1.82, 2.24) is 5.32 Å². The summed E-state index contributed by atoms with van der Waals surface area (Å²) < 4.78 is 23.1. The van der Waals surface area contributed by atoms with Gasteiger partial charge in [-0.15, -0.1) is 0 Å². The van der Waals surface area contributed by atoms with Gasteiger partial charge in [-0.2, -0.15) is 0 Å². The molecular formula is C13H27NO2S. The van der Waals surface area contributed by atoms with Gasteiger partial charge in [0.15, 0.2) is 0 Å². The van der Waals surface area contributed by atoms with Crippen LogP contribution in [0.15, 0.2) is 0 Å². The van der Waals surface area contributed by atoms with Gasteiger partial charge < -0.3 is 5.32 Å². The molecular weight excluding hydrogens is 234 g/mol. The lowest BCUT2D eigenvalue weighted by atomic mass is 9.88. The second-order valence-electron chi connectivity index (χ2n) is 5.14. The summed E-state index contributed by atoms with van der Waals surface area (Å²) in [6.45, 7) is 5.81. The van der Waals surface area contributed by atoms with Crippen LogP contribution in [0.1, 0.15) is 46.0 Å². The van der Waals surface area contributed by atoms with Crippen LogP contribution >= 0.6 is 0 Å². The average Bonchev–Trinajstić information content (AvgIpc) is 2.83. The molecule has 1 atom stereocenters. The van der Waals surface area contributed by atoms with Gasteiger partial charge >= 0.3 is 0 Å². The van der Waals surface area contributed by atoms with Gasteiger partial charge in [0.2, 0.25) is 0 Å². The molecule has 0 aliphatic heterocycles. The average molecular weight is 261 g/mol. The maximum Gasteiger partial charge on any atom is 0.150 e. The Hall–Kier alpha value is -0.0900. The van der Waals surface area contributed by atoms with E-state index in [-0.39, 0.29) is 5.75 Å². The molecule has 1 aliphatic carbocycles.